The van der Waals surface area contributed by atoms with Crippen molar-refractivity contribution in [2.45, 2.75) is 6.54 Å². The first-order chi connectivity index (χ1) is 8.58. The highest BCUT2D eigenvalue weighted by Gasteiger charge is 2.09. The number of nitrogens with two attached hydrogens (primary N) is 1. The van der Waals surface area contributed by atoms with Gasteiger partial charge >= 0.3 is 0 Å². The molecule has 2 nitrogen and oxygen atoms in total. The van der Waals surface area contributed by atoms with Crippen molar-refractivity contribution in [3.63, 3.8) is 0 Å². The van der Waals surface area contributed by atoms with Crippen LogP contribution in [0.5, 0.6) is 0 Å². The molecule has 0 unspecified atom stereocenters. The van der Waals surface area contributed by atoms with E-state index in [0.29, 0.717) is 22.9 Å². The van der Waals surface area contributed by atoms with Crippen LogP contribution in [0.2, 0.25) is 5.02 Å². The molecule has 0 amide bonds. The van der Waals surface area contributed by atoms with Crippen LogP contribution in [0.25, 0.3) is 0 Å². The third-order valence-electron chi connectivity index (χ3n) is 2.78. The van der Waals surface area contributed by atoms with Crippen LogP contribution in [-0.2, 0) is 6.54 Å². The Morgan fingerprint density at radius 2 is 1.94 bits per heavy atom. The van der Waals surface area contributed by atoms with Crippen molar-refractivity contribution in [2.75, 3.05) is 17.7 Å². The zero-order valence-corrected chi connectivity index (χ0v) is 10.8. The molecule has 2 N–H and O–H groups in total. The standard InChI is InChI=1S/C14H14ClFN2/c1-18(14-5-3-2-4-12(14)16)9-10-6-7-11(15)8-13(10)17/h2-8H,9,17H2,1H3. The number of benzene rings is 2. The van der Waals surface area contributed by atoms with Crippen LogP contribution < -0.4 is 10.6 Å². The highest BCUT2D eigenvalue weighted by molar-refractivity contribution is 6.30. The lowest BCUT2D eigenvalue weighted by Gasteiger charge is -2.20. The summed E-state index contributed by atoms with van der Waals surface area (Å²) in [6.07, 6.45) is 0. The van der Waals surface area contributed by atoms with Crippen LogP contribution in [0.3, 0.4) is 0 Å². The molecule has 2 aromatic rings. The molecule has 94 valence electrons. The van der Waals surface area contributed by atoms with Crippen LogP contribution in [0.4, 0.5) is 15.8 Å². The highest BCUT2D eigenvalue weighted by Crippen LogP contribution is 2.23. The number of rotatable bonds is 3. The van der Waals surface area contributed by atoms with E-state index in [1.54, 1.807) is 30.3 Å². The maximum Gasteiger partial charge on any atom is 0.146 e. The molecule has 0 saturated carbocycles. The van der Waals surface area contributed by atoms with Gasteiger partial charge in [0.1, 0.15) is 5.82 Å². The first kappa shape index (κ1) is 12.7. The van der Waals surface area contributed by atoms with Gasteiger partial charge in [0.05, 0.1) is 5.69 Å². The molecule has 18 heavy (non-hydrogen) atoms. The quantitative estimate of drug-likeness (QED) is 0.857. The molecule has 0 saturated heterocycles. The fraction of sp³-hybridized carbons (Fsp3) is 0.143. The topological polar surface area (TPSA) is 29.3 Å². The lowest BCUT2D eigenvalue weighted by molar-refractivity contribution is 0.622. The number of hydrogen-bond donors (Lipinski definition) is 1. The first-order valence-corrected chi connectivity index (χ1v) is 5.95. The van der Waals surface area contributed by atoms with Gasteiger partial charge in [0, 0.05) is 24.3 Å². The Kier molecular flexibility index (Phi) is 3.72. The van der Waals surface area contributed by atoms with E-state index in [2.05, 4.69) is 0 Å². The molecular formula is C14H14ClFN2. The van der Waals surface area contributed by atoms with Crippen LogP contribution in [-0.4, -0.2) is 7.05 Å². The van der Waals surface area contributed by atoms with Crippen LogP contribution >= 0.6 is 11.6 Å². The van der Waals surface area contributed by atoms with Gasteiger partial charge < -0.3 is 10.6 Å². The summed E-state index contributed by atoms with van der Waals surface area (Å²) >= 11 is 5.84. The lowest BCUT2D eigenvalue weighted by atomic mass is 10.1. The summed E-state index contributed by atoms with van der Waals surface area (Å²) in [5.74, 6) is -0.243. The average Bonchev–Trinajstić information content (AvgIpc) is 2.33. The van der Waals surface area contributed by atoms with Gasteiger partial charge in [-0.1, -0.05) is 29.8 Å². The van der Waals surface area contributed by atoms with E-state index >= 15 is 0 Å². The van der Waals surface area contributed by atoms with Gasteiger partial charge in [-0.2, -0.15) is 0 Å². The molecule has 0 fully saturated rings. The molecule has 0 aliphatic heterocycles. The summed E-state index contributed by atoms with van der Waals surface area (Å²) < 4.78 is 13.6. The van der Waals surface area contributed by atoms with Crippen molar-refractivity contribution in [3.05, 3.63) is 58.9 Å². The Labute approximate surface area is 111 Å². The van der Waals surface area contributed by atoms with Crippen LogP contribution in [0.15, 0.2) is 42.5 Å². The van der Waals surface area contributed by atoms with Crippen LogP contribution in [0.1, 0.15) is 5.56 Å². The van der Waals surface area contributed by atoms with Gasteiger partial charge in [-0.15, -0.1) is 0 Å². The minimum Gasteiger partial charge on any atom is -0.398 e. The third-order valence-corrected chi connectivity index (χ3v) is 3.01. The molecule has 0 radical (unpaired) electrons. The molecule has 2 rings (SSSR count). The molecule has 0 atom stereocenters. The van der Waals surface area contributed by atoms with E-state index in [1.165, 1.54) is 6.07 Å². The van der Waals surface area contributed by atoms with E-state index in [9.17, 15) is 4.39 Å². The van der Waals surface area contributed by atoms with Crippen molar-refractivity contribution in [2.24, 2.45) is 0 Å². The molecule has 0 aliphatic carbocycles. The summed E-state index contributed by atoms with van der Waals surface area (Å²) in [6, 6.07) is 12.0. The zero-order chi connectivity index (χ0) is 13.1. The minimum atomic E-state index is -0.243. The zero-order valence-electron chi connectivity index (χ0n) is 10.0. The summed E-state index contributed by atoms with van der Waals surface area (Å²) in [5.41, 5.74) is 7.97. The molecule has 2 aromatic carbocycles. The van der Waals surface area contributed by atoms with Crippen molar-refractivity contribution in [1.82, 2.24) is 0 Å². The Morgan fingerprint density at radius 3 is 2.61 bits per heavy atom. The van der Waals surface area contributed by atoms with Gasteiger partial charge in [0.25, 0.3) is 0 Å². The van der Waals surface area contributed by atoms with Crippen molar-refractivity contribution < 1.29 is 4.39 Å². The molecule has 0 bridgehead atoms. The van der Waals surface area contributed by atoms with Gasteiger partial charge in [0.2, 0.25) is 0 Å². The number of hydrogen-bond acceptors (Lipinski definition) is 2. The predicted molar refractivity (Wildman–Crippen MR) is 74.4 cm³/mol. The molecule has 0 heterocycles. The van der Waals surface area contributed by atoms with Gasteiger partial charge in [0.15, 0.2) is 0 Å². The van der Waals surface area contributed by atoms with Gasteiger partial charge in [-0.25, -0.2) is 4.39 Å². The second-order valence-electron chi connectivity index (χ2n) is 4.15. The number of nitrogen functional groups attached to an aromatic ring is 1. The number of anilines is 2. The minimum absolute atomic E-state index is 0.243. The number of nitrogens with zero attached hydrogens (tertiary/aromatic N) is 1. The summed E-state index contributed by atoms with van der Waals surface area (Å²) in [7, 11) is 1.83. The summed E-state index contributed by atoms with van der Waals surface area (Å²) in [5, 5.41) is 0.602. The highest BCUT2D eigenvalue weighted by atomic mass is 35.5. The van der Waals surface area contributed by atoms with E-state index in [1.807, 2.05) is 18.0 Å². The van der Waals surface area contributed by atoms with Gasteiger partial charge in [-0.3, -0.25) is 0 Å². The van der Waals surface area contributed by atoms with Gasteiger partial charge in [-0.05, 0) is 29.8 Å². The molecule has 4 heteroatoms. The second kappa shape index (κ2) is 5.27. The third kappa shape index (κ3) is 2.74. The second-order valence-corrected chi connectivity index (χ2v) is 4.59. The average molecular weight is 265 g/mol. The molecular weight excluding hydrogens is 251 g/mol. The lowest BCUT2D eigenvalue weighted by Crippen LogP contribution is -2.18. The smallest absolute Gasteiger partial charge is 0.146 e. The SMILES string of the molecule is CN(Cc1ccc(Cl)cc1N)c1ccccc1F. The Hall–Kier alpha value is -1.74. The van der Waals surface area contributed by atoms with Crippen LogP contribution in [0, 0.1) is 5.82 Å². The van der Waals surface area contributed by atoms with Crippen molar-refractivity contribution >= 4 is 23.0 Å². The normalized spacial score (nSPS) is 10.4. The summed E-state index contributed by atoms with van der Waals surface area (Å²) in [4.78, 5) is 1.81. The Morgan fingerprint density at radius 1 is 1.22 bits per heavy atom. The van der Waals surface area contributed by atoms with Crippen molar-refractivity contribution in [3.8, 4) is 0 Å². The Balaban J connectivity index is 2.21. The molecule has 0 spiro atoms. The monoisotopic (exact) mass is 264 g/mol. The predicted octanol–water partition coefficient (Wildman–Crippen LogP) is 3.70. The van der Waals surface area contributed by atoms with E-state index in [0.717, 1.165) is 5.56 Å². The van der Waals surface area contributed by atoms with E-state index < -0.39 is 0 Å². The molecule has 0 aromatic heterocycles. The number of para-hydroxylation sites is 1. The van der Waals surface area contributed by atoms with E-state index in [-0.39, 0.29) is 5.82 Å². The number of halogens is 2. The largest absolute Gasteiger partial charge is 0.398 e. The van der Waals surface area contributed by atoms with Crippen molar-refractivity contribution in [1.29, 1.82) is 0 Å². The summed E-state index contributed by atoms with van der Waals surface area (Å²) in [6.45, 7) is 0.532. The maximum absolute atomic E-state index is 13.6. The maximum atomic E-state index is 13.6. The molecule has 0 aliphatic rings. The van der Waals surface area contributed by atoms with E-state index in [4.69, 9.17) is 17.3 Å². The fourth-order valence-electron chi connectivity index (χ4n) is 1.81. The fourth-order valence-corrected chi connectivity index (χ4v) is 1.99. The first-order valence-electron chi connectivity index (χ1n) is 5.57. The Bertz CT molecular complexity index is 557.